The quantitative estimate of drug-likeness (QED) is 0.646. The topological polar surface area (TPSA) is 71.4 Å². The number of nitrogens with one attached hydrogen (secondary N) is 1. The highest BCUT2D eigenvalue weighted by Crippen LogP contribution is 2.65. The van der Waals surface area contributed by atoms with E-state index >= 15 is 0 Å². The zero-order valence-electron chi connectivity index (χ0n) is 12.7. The zero-order valence-corrected chi connectivity index (χ0v) is 12.7. The summed E-state index contributed by atoms with van der Waals surface area (Å²) in [5.74, 6) is -0.0161. The summed E-state index contributed by atoms with van der Waals surface area (Å²) in [6.45, 7) is 0. The highest BCUT2D eigenvalue weighted by atomic mass is 16.2. The summed E-state index contributed by atoms with van der Waals surface area (Å²) in [4.78, 5) is 37.8. The number of hydrogen-bond donors (Lipinski definition) is 1. The van der Waals surface area contributed by atoms with Crippen molar-refractivity contribution in [2.24, 2.45) is 42.6 Å². The molecule has 4 aliphatic carbocycles. The number of hydrazine groups is 1. The van der Waals surface area contributed by atoms with Crippen LogP contribution in [0.5, 0.6) is 0 Å². The average Bonchev–Trinajstić information content (AvgIpc) is 3.21. The van der Waals surface area contributed by atoms with Gasteiger partial charge < -0.3 is 4.57 Å². The van der Waals surface area contributed by atoms with Gasteiger partial charge in [0.2, 0.25) is 0 Å². The maximum atomic E-state index is 12.7. The smallest absolute Gasteiger partial charge is 0.286 e. The third kappa shape index (κ3) is 1.56. The van der Waals surface area contributed by atoms with Gasteiger partial charge >= 0.3 is 0 Å². The summed E-state index contributed by atoms with van der Waals surface area (Å²) in [5, 5.41) is 0.975. The molecule has 118 valence electrons. The number of imide groups is 1. The van der Waals surface area contributed by atoms with Crippen LogP contribution in [0.2, 0.25) is 0 Å². The predicted octanol–water partition coefficient (Wildman–Crippen LogP) is 0.723. The van der Waals surface area contributed by atoms with Gasteiger partial charge in [-0.1, -0.05) is 12.2 Å². The Morgan fingerprint density at radius 2 is 1.74 bits per heavy atom. The summed E-state index contributed by atoms with van der Waals surface area (Å²) >= 11 is 0. The molecule has 0 aromatic carbocycles. The third-order valence-corrected chi connectivity index (χ3v) is 6.05. The summed E-state index contributed by atoms with van der Waals surface area (Å²) in [6, 6.07) is 3.41. The van der Waals surface area contributed by atoms with E-state index in [0.29, 0.717) is 17.5 Å². The third-order valence-electron chi connectivity index (χ3n) is 6.05. The second-order valence-corrected chi connectivity index (χ2v) is 7.11. The molecule has 0 spiro atoms. The molecule has 3 fully saturated rings. The van der Waals surface area contributed by atoms with E-state index in [1.54, 1.807) is 29.9 Å². The van der Waals surface area contributed by atoms with Crippen LogP contribution in [0, 0.1) is 35.5 Å². The van der Waals surface area contributed by atoms with Crippen LogP contribution in [-0.2, 0) is 16.6 Å². The Kier molecular flexibility index (Phi) is 2.35. The van der Waals surface area contributed by atoms with E-state index in [1.807, 2.05) is 0 Å². The van der Waals surface area contributed by atoms with Crippen molar-refractivity contribution in [1.82, 2.24) is 15.0 Å². The lowest BCUT2D eigenvalue weighted by atomic mass is 9.63. The van der Waals surface area contributed by atoms with Gasteiger partial charge in [0.05, 0.1) is 11.8 Å². The summed E-state index contributed by atoms with van der Waals surface area (Å²) in [5.41, 5.74) is 2.94. The van der Waals surface area contributed by atoms with E-state index in [4.69, 9.17) is 0 Å². The van der Waals surface area contributed by atoms with Gasteiger partial charge in [0.15, 0.2) is 0 Å². The number of nitrogens with zero attached hydrogens (tertiary/aromatic N) is 2. The largest absolute Gasteiger partial charge is 0.347 e. The monoisotopic (exact) mass is 311 g/mol. The molecule has 1 aromatic heterocycles. The van der Waals surface area contributed by atoms with Gasteiger partial charge in [-0.05, 0) is 42.2 Å². The first-order chi connectivity index (χ1) is 11.1. The van der Waals surface area contributed by atoms with E-state index in [2.05, 4.69) is 17.6 Å². The standard InChI is InChI=1S/C17H17N3O3/c1-19-6-2-3-12(19)15(21)18-20-16(22)13-8-4-5-9(11-7-10(8)11)14(13)17(20)23/h2-6,8-11,13-14H,7H2,1H3,(H,18,21)/t8-,9+,10+,11-,13-,14+. The first kappa shape index (κ1) is 13.1. The number of carbonyl (C=O) groups excluding carboxylic acids is 3. The highest BCUT2D eigenvalue weighted by molar-refractivity contribution is 6.08. The number of carbonyl (C=O) groups is 3. The Morgan fingerprint density at radius 1 is 1.13 bits per heavy atom. The van der Waals surface area contributed by atoms with Crippen molar-refractivity contribution in [3.05, 3.63) is 36.2 Å². The minimum absolute atomic E-state index is 0.170. The van der Waals surface area contributed by atoms with Crippen LogP contribution >= 0.6 is 0 Å². The molecule has 2 heterocycles. The molecule has 0 radical (unpaired) electrons. The predicted molar refractivity (Wildman–Crippen MR) is 79.4 cm³/mol. The molecule has 6 nitrogen and oxygen atoms in total. The molecule has 3 amide bonds. The molecule has 2 bridgehead atoms. The van der Waals surface area contributed by atoms with E-state index in [1.165, 1.54) is 0 Å². The van der Waals surface area contributed by atoms with Crippen LogP contribution in [0.4, 0.5) is 0 Å². The second-order valence-electron chi connectivity index (χ2n) is 7.11. The first-order valence-electron chi connectivity index (χ1n) is 8.06. The number of allylic oxidation sites excluding steroid dienone is 2. The van der Waals surface area contributed by atoms with Crippen molar-refractivity contribution in [3.8, 4) is 0 Å². The summed E-state index contributed by atoms with van der Waals surface area (Å²) in [7, 11) is 1.75. The lowest BCUT2D eigenvalue weighted by Gasteiger charge is -2.37. The van der Waals surface area contributed by atoms with Crippen LogP contribution in [0.3, 0.4) is 0 Å². The maximum Gasteiger partial charge on any atom is 0.286 e. The molecule has 1 saturated heterocycles. The first-order valence-corrected chi connectivity index (χ1v) is 8.06. The molecule has 6 heteroatoms. The normalized spacial score (nSPS) is 39.4. The van der Waals surface area contributed by atoms with Crippen molar-refractivity contribution in [3.63, 3.8) is 0 Å². The molecule has 1 N–H and O–H groups in total. The minimum Gasteiger partial charge on any atom is -0.347 e. The Hall–Kier alpha value is -2.37. The maximum absolute atomic E-state index is 12.7. The Balaban J connectivity index is 1.43. The van der Waals surface area contributed by atoms with Crippen molar-refractivity contribution in [1.29, 1.82) is 0 Å². The van der Waals surface area contributed by atoms with Gasteiger partial charge in [0, 0.05) is 13.2 Å². The van der Waals surface area contributed by atoms with Crippen molar-refractivity contribution >= 4 is 17.7 Å². The fraction of sp³-hybridized carbons (Fsp3) is 0.471. The van der Waals surface area contributed by atoms with Crippen LogP contribution in [0.15, 0.2) is 30.5 Å². The molecule has 2 saturated carbocycles. The molecule has 1 aromatic rings. The molecular weight excluding hydrogens is 294 g/mol. The van der Waals surface area contributed by atoms with Gasteiger partial charge in [-0.15, -0.1) is 0 Å². The van der Waals surface area contributed by atoms with Crippen molar-refractivity contribution in [2.45, 2.75) is 6.42 Å². The van der Waals surface area contributed by atoms with Gasteiger partial charge in [0.25, 0.3) is 17.7 Å². The molecule has 23 heavy (non-hydrogen) atoms. The summed E-state index contributed by atoms with van der Waals surface area (Å²) < 4.78 is 1.66. The van der Waals surface area contributed by atoms with Gasteiger partial charge in [-0.25, -0.2) is 0 Å². The number of hydrogen-bond acceptors (Lipinski definition) is 3. The molecule has 6 atom stereocenters. The Bertz CT molecular complexity index is 744. The highest BCUT2D eigenvalue weighted by Gasteiger charge is 2.67. The van der Waals surface area contributed by atoms with Crippen molar-refractivity contribution in [2.75, 3.05) is 0 Å². The van der Waals surface area contributed by atoms with Crippen LogP contribution < -0.4 is 5.43 Å². The van der Waals surface area contributed by atoms with Crippen LogP contribution in [0.1, 0.15) is 16.9 Å². The fourth-order valence-electron chi connectivity index (χ4n) is 4.92. The van der Waals surface area contributed by atoms with Crippen molar-refractivity contribution < 1.29 is 14.4 Å². The van der Waals surface area contributed by atoms with Gasteiger partial charge in [0.1, 0.15) is 5.69 Å². The number of aryl methyl sites for hydroxylation is 1. The lowest BCUT2D eigenvalue weighted by molar-refractivity contribution is -0.143. The fourth-order valence-corrected chi connectivity index (χ4v) is 4.92. The van der Waals surface area contributed by atoms with Crippen LogP contribution in [-0.4, -0.2) is 27.3 Å². The number of aromatic nitrogens is 1. The number of rotatable bonds is 2. The lowest BCUT2D eigenvalue weighted by Crippen LogP contribution is -2.47. The van der Waals surface area contributed by atoms with E-state index in [0.717, 1.165) is 11.4 Å². The average molecular weight is 311 g/mol. The van der Waals surface area contributed by atoms with Crippen LogP contribution in [0.25, 0.3) is 0 Å². The molecule has 1 aliphatic heterocycles. The van der Waals surface area contributed by atoms with Gasteiger partial charge in [-0.2, -0.15) is 5.01 Å². The van der Waals surface area contributed by atoms with E-state index in [9.17, 15) is 14.4 Å². The molecular formula is C17H17N3O3. The zero-order chi connectivity index (χ0) is 15.9. The van der Waals surface area contributed by atoms with E-state index in [-0.39, 0.29) is 35.5 Å². The minimum atomic E-state index is -0.427. The molecule has 6 rings (SSSR count). The Morgan fingerprint density at radius 3 is 2.26 bits per heavy atom. The second kappa shape index (κ2) is 4.13. The SMILES string of the molecule is Cn1cccc1C(=O)NN1C(=O)[C@@H]2[C@@H]3C=C[C@@H]([C@H]4C[C@@H]34)[C@@H]2C1=O. The Labute approximate surface area is 133 Å². The number of amides is 3. The van der Waals surface area contributed by atoms with Gasteiger partial charge in [-0.3, -0.25) is 19.8 Å². The summed E-state index contributed by atoms with van der Waals surface area (Å²) in [6.07, 6.45) is 7.12. The van der Waals surface area contributed by atoms with E-state index < -0.39 is 5.91 Å². The molecule has 0 unspecified atom stereocenters. The molecule has 5 aliphatic rings.